The number of hydrogen-bond acceptors (Lipinski definition) is 2. The number of hydrogen-bond donors (Lipinski definition) is 2. The molecule has 3 nitrogen and oxygen atoms in total. The molecule has 0 aromatic carbocycles. The fourth-order valence-corrected chi connectivity index (χ4v) is 1.06. The molecule has 1 aromatic heterocycles. The van der Waals surface area contributed by atoms with Gasteiger partial charge in [-0.15, -0.1) is 0 Å². The first-order chi connectivity index (χ1) is 5.91. The summed E-state index contributed by atoms with van der Waals surface area (Å²) >= 11 is 0. The van der Waals surface area contributed by atoms with E-state index in [9.17, 15) is 13.2 Å². The van der Waals surface area contributed by atoms with E-state index in [1.54, 1.807) is 6.92 Å². The van der Waals surface area contributed by atoms with Gasteiger partial charge >= 0.3 is 6.18 Å². The molecule has 0 amide bonds. The number of nitrogens with zero attached hydrogens (tertiary/aromatic N) is 1. The molecule has 74 valence electrons. The Bertz CT molecular complexity index is 277. The molecule has 0 fully saturated rings. The second-order valence-electron chi connectivity index (χ2n) is 2.95. The van der Waals surface area contributed by atoms with Gasteiger partial charge in [0.15, 0.2) is 0 Å². The van der Waals surface area contributed by atoms with E-state index >= 15 is 0 Å². The van der Waals surface area contributed by atoms with Crippen LogP contribution in [0.4, 0.5) is 13.2 Å². The van der Waals surface area contributed by atoms with E-state index in [2.05, 4.69) is 5.10 Å². The number of alkyl halides is 3. The Kier molecular flexibility index (Phi) is 2.60. The summed E-state index contributed by atoms with van der Waals surface area (Å²) in [7, 11) is 0. The van der Waals surface area contributed by atoms with Crippen LogP contribution in [0.2, 0.25) is 0 Å². The molecule has 13 heavy (non-hydrogen) atoms. The highest BCUT2D eigenvalue weighted by atomic mass is 19.4. The van der Waals surface area contributed by atoms with Gasteiger partial charge in [-0.3, -0.25) is 5.10 Å². The summed E-state index contributed by atoms with van der Waals surface area (Å²) in [5.41, 5.74) is 4.70. The Morgan fingerprint density at radius 2 is 2.23 bits per heavy atom. The number of halogens is 3. The largest absolute Gasteiger partial charge is 0.433 e. The summed E-state index contributed by atoms with van der Waals surface area (Å²) in [6, 6.07) is -0.307. The van der Waals surface area contributed by atoms with E-state index in [0.717, 1.165) is 6.20 Å². The molecule has 0 saturated heterocycles. The molecule has 0 aliphatic rings. The Balaban J connectivity index is 2.90. The van der Waals surface area contributed by atoms with Crippen molar-refractivity contribution in [3.8, 4) is 0 Å². The van der Waals surface area contributed by atoms with Crippen molar-refractivity contribution in [2.75, 3.05) is 0 Å². The van der Waals surface area contributed by atoms with Gasteiger partial charge in [0.2, 0.25) is 0 Å². The Morgan fingerprint density at radius 1 is 1.62 bits per heavy atom. The van der Waals surface area contributed by atoms with Crippen molar-refractivity contribution in [3.05, 3.63) is 17.5 Å². The minimum absolute atomic E-state index is 0.113. The van der Waals surface area contributed by atoms with Crippen LogP contribution in [0, 0.1) is 0 Å². The summed E-state index contributed by atoms with van der Waals surface area (Å²) < 4.78 is 36.7. The molecule has 0 aliphatic heterocycles. The first-order valence-electron chi connectivity index (χ1n) is 3.76. The van der Waals surface area contributed by atoms with Crippen LogP contribution in [0.25, 0.3) is 0 Å². The van der Waals surface area contributed by atoms with Crippen LogP contribution in [0.1, 0.15) is 18.2 Å². The van der Waals surface area contributed by atoms with Gasteiger partial charge in [-0.05, 0) is 13.3 Å². The average molecular weight is 193 g/mol. The van der Waals surface area contributed by atoms with Crippen LogP contribution in [-0.2, 0) is 12.6 Å². The number of nitrogens with two attached hydrogens (primary N) is 1. The molecule has 1 heterocycles. The highest BCUT2D eigenvalue weighted by molar-refractivity contribution is 5.20. The normalized spacial score (nSPS) is 14.5. The lowest BCUT2D eigenvalue weighted by molar-refractivity contribution is -0.141. The predicted octanol–water partition coefficient (Wildman–Crippen LogP) is 1.32. The molecule has 1 rings (SSSR count). The summed E-state index contributed by atoms with van der Waals surface area (Å²) in [5, 5.41) is 5.26. The SMILES string of the molecule is C[C@@H](N)Cc1cn[nH]c1C(F)(F)F. The van der Waals surface area contributed by atoms with Crippen LogP contribution >= 0.6 is 0 Å². The number of aromatic amines is 1. The van der Waals surface area contributed by atoms with E-state index in [1.165, 1.54) is 0 Å². The zero-order valence-electron chi connectivity index (χ0n) is 7.02. The van der Waals surface area contributed by atoms with Crippen molar-refractivity contribution in [2.45, 2.75) is 25.6 Å². The quantitative estimate of drug-likeness (QED) is 0.744. The zero-order valence-corrected chi connectivity index (χ0v) is 7.02. The number of H-pyrrole nitrogens is 1. The zero-order chi connectivity index (χ0) is 10.1. The standard InChI is InChI=1S/C7H10F3N3/c1-4(11)2-5-3-12-13-6(5)7(8,9)10/h3-4H,2,11H2,1H3,(H,12,13)/t4-/m1/s1. The average Bonchev–Trinajstić information content (AvgIpc) is 2.31. The second-order valence-corrected chi connectivity index (χ2v) is 2.95. The molecular weight excluding hydrogens is 183 g/mol. The number of nitrogens with one attached hydrogen (secondary N) is 1. The van der Waals surface area contributed by atoms with E-state index in [1.807, 2.05) is 5.10 Å². The topological polar surface area (TPSA) is 54.7 Å². The summed E-state index contributed by atoms with van der Waals surface area (Å²) in [6.07, 6.45) is -3.04. The lowest BCUT2D eigenvalue weighted by Gasteiger charge is -2.08. The van der Waals surface area contributed by atoms with E-state index in [4.69, 9.17) is 5.73 Å². The molecule has 0 bridgehead atoms. The molecule has 6 heteroatoms. The summed E-state index contributed by atoms with van der Waals surface area (Å²) in [6.45, 7) is 1.65. The van der Waals surface area contributed by atoms with Crippen molar-refractivity contribution >= 4 is 0 Å². The minimum Gasteiger partial charge on any atom is -0.328 e. The first-order valence-corrected chi connectivity index (χ1v) is 3.76. The molecule has 0 spiro atoms. The van der Waals surface area contributed by atoms with Gasteiger partial charge in [-0.25, -0.2) is 0 Å². The van der Waals surface area contributed by atoms with Crippen LogP contribution in [-0.4, -0.2) is 16.2 Å². The van der Waals surface area contributed by atoms with E-state index in [-0.39, 0.29) is 18.0 Å². The molecule has 0 aliphatic carbocycles. The Labute approximate surface area is 73.1 Å². The minimum atomic E-state index is -4.37. The van der Waals surface area contributed by atoms with Crippen LogP contribution in [0.15, 0.2) is 6.20 Å². The smallest absolute Gasteiger partial charge is 0.328 e. The van der Waals surface area contributed by atoms with Crippen LogP contribution in [0.3, 0.4) is 0 Å². The van der Waals surface area contributed by atoms with Gasteiger partial charge < -0.3 is 5.73 Å². The molecule has 0 radical (unpaired) electrons. The van der Waals surface area contributed by atoms with Crippen molar-refractivity contribution in [3.63, 3.8) is 0 Å². The van der Waals surface area contributed by atoms with Crippen LogP contribution < -0.4 is 5.73 Å². The van der Waals surface area contributed by atoms with Gasteiger partial charge in [-0.2, -0.15) is 18.3 Å². The van der Waals surface area contributed by atoms with Gasteiger partial charge in [-0.1, -0.05) is 0 Å². The maximum atomic E-state index is 12.2. The fraction of sp³-hybridized carbons (Fsp3) is 0.571. The number of aromatic nitrogens is 2. The third kappa shape index (κ3) is 2.45. The van der Waals surface area contributed by atoms with E-state index < -0.39 is 11.9 Å². The van der Waals surface area contributed by atoms with Crippen molar-refractivity contribution in [1.82, 2.24) is 10.2 Å². The predicted molar refractivity (Wildman–Crippen MR) is 40.9 cm³/mol. The highest BCUT2D eigenvalue weighted by Crippen LogP contribution is 2.30. The summed E-state index contributed by atoms with van der Waals surface area (Å²) in [5.74, 6) is 0. The summed E-state index contributed by atoms with van der Waals surface area (Å²) in [4.78, 5) is 0. The molecule has 1 atom stereocenters. The van der Waals surface area contributed by atoms with Crippen molar-refractivity contribution < 1.29 is 13.2 Å². The monoisotopic (exact) mass is 193 g/mol. The van der Waals surface area contributed by atoms with Crippen molar-refractivity contribution in [2.24, 2.45) is 5.73 Å². The van der Waals surface area contributed by atoms with Gasteiger partial charge in [0.25, 0.3) is 0 Å². The Morgan fingerprint density at radius 3 is 2.69 bits per heavy atom. The molecule has 3 N–H and O–H groups in total. The van der Waals surface area contributed by atoms with Gasteiger partial charge in [0.05, 0.1) is 6.20 Å². The van der Waals surface area contributed by atoms with E-state index in [0.29, 0.717) is 0 Å². The maximum Gasteiger partial charge on any atom is 0.433 e. The third-order valence-corrected chi connectivity index (χ3v) is 1.54. The number of rotatable bonds is 2. The lowest BCUT2D eigenvalue weighted by atomic mass is 10.1. The molecule has 0 unspecified atom stereocenters. The van der Waals surface area contributed by atoms with Gasteiger partial charge in [0.1, 0.15) is 5.69 Å². The second kappa shape index (κ2) is 3.37. The maximum absolute atomic E-state index is 12.2. The third-order valence-electron chi connectivity index (χ3n) is 1.54. The first kappa shape index (κ1) is 10.0. The Hall–Kier alpha value is -1.04. The highest BCUT2D eigenvalue weighted by Gasteiger charge is 2.35. The molecule has 1 aromatic rings. The molecule has 0 saturated carbocycles. The molecular formula is C7H10F3N3. The van der Waals surface area contributed by atoms with Crippen molar-refractivity contribution in [1.29, 1.82) is 0 Å². The van der Waals surface area contributed by atoms with Gasteiger partial charge in [0, 0.05) is 11.6 Å². The van der Waals surface area contributed by atoms with Crippen LogP contribution in [0.5, 0.6) is 0 Å². The fourth-order valence-electron chi connectivity index (χ4n) is 1.06. The lowest BCUT2D eigenvalue weighted by Crippen LogP contribution is -2.20.